The van der Waals surface area contributed by atoms with Gasteiger partial charge < -0.3 is 19.5 Å². The molecule has 3 aromatic carbocycles. The number of aryl methyl sites for hydroxylation is 1. The van der Waals surface area contributed by atoms with Gasteiger partial charge in [-0.15, -0.1) is 0 Å². The summed E-state index contributed by atoms with van der Waals surface area (Å²) in [5.41, 5.74) is 2.01. The molecule has 1 N–H and O–H groups in total. The minimum Gasteiger partial charge on any atom is -0.496 e. The molecule has 0 radical (unpaired) electrons. The Balaban J connectivity index is 1.86. The molecule has 3 rings (SSSR count). The largest absolute Gasteiger partial charge is 0.496 e. The summed E-state index contributed by atoms with van der Waals surface area (Å²) < 4.78 is 17.2. The molecule has 0 bridgehead atoms. The van der Waals surface area contributed by atoms with Gasteiger partial charge in [0.25, 0.3) is 11.6 Å². The van der Waals surface area contributed by atoms with Gasteiger partial charge in [0.15, 0.2) is 11.5 Å². The third-order valence-electron chi connectivity index (χ3n) is 5.21. The Bertz CT molecular complexity index is 1380. The zero-order valence-corrected chi connectivity index (χ0v) is 21.9. The summed E-state index contributed by atoms with van der Waals surface area (Å²) >= 11 is 2.09. The molecule has 0 fully saturated rings. The molecule has 0 aliphatic heterocycles. The lowest BCUT2D eigenvalue weighted by Gasteiger charge is -2.15. The van der Waals surface area contributed by atoms with Crippen LogP contribution in [0.4, 0.5) is 11.4 Å². The van der Waals surface area contributed by atoms with Crippen molar-refractivity contribution >= 4 is 45.9 Å². The number of carbonyl (C=O) groups is 1. The van der Waals surface area contributed by atoms with Gasteiger partial charge in [-0.2, -0.15) is 5.26 Å². The smallest absolute Gasteiger partial charge is 0.296 e. The van der Waals surface area contributed by atoms with E-state index in [0.29, 0.717) is 23.7 Å². The number of nitro groups is 1. The lowest BCUT2D eigenvalue weighted by atomic mass is 10.1. The highest BCUT2D eigenvalue weighted by atomic mass is 127. The predicted octanol–water partition coefficient (Wildman–Crippen LogP) is 5.65. The number of nitrogens with zero attached hydrogens (tertiary/aromatic N) is 2. The van der Waals surface area contributed by atoms with Crippen molar-refractivity contribution in [1.29, 1.82) is 5.26 Å². The lowest BCUT2D eigenvalue weighted by molar-refractivity contribution is -0.384. The minimum absolute atomic E-state index is 0.0564. The number of rotatable bonds is 9. The molecule has 36 heavy (non-hydrogen) atoms. The van der Waals surface area contributed by atoms with E-state index in [1.165, 1.54) is 38.5 Å². The zero-order valence-electron chi connectivity index (χ0n) is 19.7. The molecule has 0 saturated heterocycles. The van der Waals surface area contributed by atoms with Crippen LogP contribution in [0.15, 0.2) is 60.2 Å². The van der Waals surface area contributed by atoms with Crippen molar-refractivity contribution in [3.63, 3.8) is 0 Å². The van der Waals surface area contributed by atoms with Crippen LogP contribution in [-0.4, -0.2) is 25.1 Å². The molecule has 0 saturated carbocycles. The van der Waals surface area contributed by atoms with E-state index in [9.17, 15) is 20.2 Å². The number of carbonyl (C=O) groups excluding carboxylic acids is 1. The monoisotopic (exact) mass is 599 g/mol. The first-order valence-corrected chi connectivity index (χ1v) is 11.7. The van der Waals surface area contributed by atoms with Gasteiger partial charge in [0.2, 0.25) is 0 Å². The summed E-state index contributed by atoms with van der Waals surface area (Å²) in [4.78, 5) is 23.5. The first-order valence-electron chi connectivity index (χ1n) is 10.6. The highest BCUT2D eigenvalue weighted by Crippen LogP contribution is 2.35. The highest BCUT2D eigenvalue weighted by Gasteiger charge is 2.20. The second-order valence-corrected chi connectivity index (χ2v) is 8.68. The first kappa shape index (κ1) is 26.5. The Hall–Kier alpha value is -4.11. The number of nitriles is 1. The van der Waals surface area contributed by atoms with E-state index in [1.807, 2.05) is 37.3 Å². The van der Waals surface area contributed by atoms with E-state index in [0.717, 1.165) is 14.7 Å². The average Bonchev–Trinajstić information content (AvgIpc) is 2.87. The lowest BCUT2D eigenvalue weighted by Crippen LogP contribution is -2.14. The van der Waals surface area contributed by atoms with Crippen LogP contribution >= 0.6 is 22.6 Å². The number of nitrogens with one attached hydrogen (secondary N) is 1. The predicted molar refractivity (Wildman–Crippen MR) is 143 cm³/mol. The molecule has 0 heterocycles. The maximum Gasteiger partial charge on any atom is 0.296 e. The number of halogens is 1. The van der Waals surface area contributed by atoms with Gasteiger partial charge in [-0.3, -0.25) is 14.9 Å². The number of nitro benzene ring substituents is 1. The molecule has 3 aromatic rings. The van der Waals surface area contributed by atoms with Crippen LogP contribution in [0.3, 0.4) is 0 Å². The maximum absolute atomic E-state index is 12.8. The number of hydrogen-bond acceptors (Lipinski definition) is 7. The fraction of sp³-hybridized carbons (Fsp3) is 0.154. The Morgan fingerprint density at radius 3 is 2.56 bits per heavy atom. The summed E-state index contributed by atoms with van der Waals surface area (Å²) in [6, 6.07) is 17.1. The van der Waals surface area contributed by atoms with Gasteiger partial charge in [0, 0.05) is 0 Å². The highest BCUT2D eigenvalue weighted by molar-refractivity contribution is 14.1. The van der Waals surface area contributed by atoms with E-state index in [-0.39, 0.29) is 22.7 Å². The second kappa shape index (κ2) is 12.0. The van der Waals surface area contributed by atoms with Crippen molar-refractivity contribution in [3.05, 3.63) is 90.5 Å². The fourth-order valence-electron chi connectivity index (χ4n) is 3.29. The van der Waals surface area contributed by atoms with E-state index in [1.54, 1.807) is 12.1 Å². The van der Waals surface area contributed by atoms with Crippen LogP contribution in [0.5, 0.6) is 17.2 Å². The minimum atomic E-state index is -0.792. The zero-order chi connectivity index (χ0) is 26.2. The van der Waals surface area contributed by atoms with Gasteiger partial charge in [0.1, 0.15) is 29.7 Å². The average molecular weight is 599 g/mol. The van der Waals surface area contributed by atoms with Gasteiger partial charge in [-0.05, 0) is 76.5 Å². The van der Waals surface area contributed by atoms with Crippen molar-refractivity contribution in [3.8, 4) is 23.3 Å². The molecular weight excluding hydrogens is 577 g/mol. The van der Waals surface area contributed by atoms with Crippen LogP contribution in [0.2, 0.25) is 0 Å². The van der Waals surface area contributed by atoms with Crippen molar-refractivity contribution < 1.29 is 23.9 Å². The molecule has 0 aromatic heterocycles. The van der Waals surface area contributed by atoms with Crippen molar-refractivity contribution in [2.75, 3.05) is 19.5 Å². The summed E-state index contributed by atoms with van der Waals surface area (Å²) in [6.07, 6.45) is 1.38. The molecule has 1 amide bonds. The van der Waals surface area contributed by atoms with Gasteiger partial charge >= 0.3 is 0 Å². The van der Waals surface area contributed by atoms with E-state index >= 15 is 0 Å². The SMILES string of the molecule is COc1ccc(NC(=O)/C(C#N)=C/c2cc(I)c(OCc3ccccc3C)c(OC)c2)c([N+](=O)[O-])c1. The van der Waals surface area contributed by atoms with Crippen LogP contribution < -0.4 is 19.5 Å². The van der Waals surface area contributed by atoms with Crippen molar-refractivity contribution in [1.82, 2.24) is 0 Å². The number of ether oxygens (including phenoxy) is 3. The van der Waals surface area contributed by atoms with Gasteiger partial charge in [-0.25, -0.2) is 0 Å². The second-order valence-electron chi connectivity index (χ2n) is 7.51. The van der Waals surface area contributed by atoms with E-state index in [2.05, 4.69) is 27.9 Å². The number of methoxy groups -OCH3 is 2. The molecule has 9 nitrogen and oxygen atoms in total. The molecule has 10 heteroatoms. The van der Waals surface area contributed by atoms with Crippen LogP contribution in [0.25, 0.3) is 6.08 Å². The first-order chi connectivity index (χ1) is 17.3. The summed E-state index contributed by atoms with van der Waals surface area (Å²) in [6.45, 7) is 2.35. The van der Waals surface area contributed by atoms with E-state index < -0.39 is 10.8 Å². The van der Waals surface area contributed by atoms with Crippen LogP contribution in [-0.2, 0) is 11.4 Å². The molecule has 0 aliphatic rings. The van der Waals surface area contributed by atoms with Crippen LogP contribution in [0.1, 0.15) is 16.7 Å². The molecule has 0 atom stereocenters. The fourth-order valence-corrected chi connectivity index (χ4v) is 4.07. The molecule has 184 valence electrons. The number of anilines is 1. The quantitative estimate of drug-likeness (QED) is 0.111. The Kier molecular flexibility index (Phi) is 8.86. The van der Waals surface area contributed by atoms with Gasteiger partial charge in [0.05, 0.1) is 28.8 Å². The Morgan fingerprint density at radius 2 is 1.92 bits per heavy atom. The summed E-state index contributed by atoms with van der Waals surface area (Å²) in [5.74, 6) is 0.447. The summed E-state index contributed by atoms with van der Waals surface area (Å²) in [5, 5.41) is 23.4. The number of hydrogen-bond donors (Lipinski definition) is 1. The topological polar surface area (TPSA) is 124 Å². The Morgan fingerprint density at radius 1 is 1.17 bits per heavy atom. The normalized spacial score (nSPS) is 10.8. The standard InChI is InChI=1S/C26H22IN3O6/c1-16-6-4-5-7-18(16)15-36-25-21(27)11-17(12-24(25)35-3)10-19(14-28)26(31)29-22-9-8-20(34-2)13-23(22)30(32)33/h4-13H,15H2,1-3H3,(H,29,31)/b19-10+. The number of amides is 1. The maximum atomic E-state index is 12.8. The molecule has 0 unspecified atom stereocenters. The number of benzene rings is 3. The Labute approximate surface area is 221 Å². The van der Waals surface area contributed by atoms with Gasteiger partial charge in [-0.1, -0.05) is 24.3 Å². The molecule has 0 aliphatic carbocycles. The van der Waals surface area contributed by atoms with Crippen molar-refractivity contribution in [2.24, 2.45) is 0 Å². The molecular formula is C26H22IN3O6. The van der Waals surface area contributed by atoms with Crippen LogP contribution in [0, 0.1) is 31.9 Å². The third kappa shape index (κ3) is 6.31. The summed E-state index contributed by atoms with van der Waals surface area (Å²) in [7, 11) is 2.88. The van der Waals surface area contributed by atoms with Crippen molar-refractivity contribution in [2.45, 2.75) is 13.5 Å². The van der Waals surface area contributed by atoms with E-state index in [4.69, 9.17) is 14.2 Å². The molecule has 0 spiro atoms. The third-order valence-corrected chi connectivity index (χ3v) is 6.01.